The molecule has 0 bridgehead atoms. The Hall–Kier alpha value is -3.05. The van der Waals surface area contributed by atoms with Crippen molar-refractivity contribution in [3.8, 4) is 11.4 Å². The monoisotopic (exact) mass is 370 g/mol. The van der Waals surface area contributed by atoms with Crippen LogP contribution in [-0.2, 0) is 6.54 Å². The van der Waals surface area contributed by atoms with E-state index in [0.29, 0.717) is 11.7 Å². The van der Waals surface area contributed by atoms with Crippen LogP contribution < -0.4 is 0 Å². The molecule has 0 saturated carbocycles. The van der Waals surface area contributed by atoms with E-state index in [9.17, 15) is 0 Å². The summed E-state index contributed by atoms with van der Waals surface area (Å²) in [7, 11) is 0. The van der Waals surface area contributed by atoms with Gasteiger partial charge in [-0.15, -0.1) is 0 Å². The Kier molecular flexibility index (Phi) is 4.37. The smallest absolute Gasteiger partial charge is 0.231 e. The van der Waals surface area contributed by atoms with Crippen molar-refractivity contribution in [1.29, 1.82) is 0 Å². The number of hydrogen-bond acceptors (Lipinski definition) is 5. The lowest BCUT2D eigenvalue weighted by atomic mass is 10.1. The number of pyridine rings is 1. The van der Waals surface area contributed by atoms with Crippen molar-refractivity contribution < 1.29 is 4.52 Å². The second-order valence-electron chi connectivity index (χ2n) is 7.53. The van der Waals surface area contributed by atoms with Crippen LogP contribution in [-0.4, -0.2) is 33.1 Å². The van der Waals surface area contributed by atoms with Gasteiger partial charge in [-0.25, -0.2) is 0 Å². The molecule has 2 aromatic heterocycles. The molecular weight excluding hydrogens is 348 g/mol. The molecule has 3 heterocycles. The van der Waals surface area contributed by atoms with E-state index in [2.05, 4.69) is 63.3 Å². The third-order valence-corrected chi connectivity index (χ3v) is 5.51. The Labute approximate surface area is 164 Å². The summed E-state index contributed by atoms with van der Waals surface area (Å²) in [6.45, 7) is 4.96. The Morgan fingerprint density at radius 1 is 1.07 bits per heavy atom. The number of nitrogens with zero attached hydrogens (tertiary/aromatic N) is 4. The van der Waals surface area contributed by atoms with Gasteiger partial charge in [0.1, 0.15) is 0 Å². The fraction of sp³-hybridized carbons (Fsp3) is 0.261. The first kappa shape index (κ1) is 17.1. The molecule has 0 aliphatic carbocycles. The summed E-state index contributed by atoms with van der Waals surface area (Å²) in [5, 5.41) is 5.43. The largest absolute Gasteiger partial charge is 0.339 e. The molecular formula is C23H22N4O. The molecule has 28 heavy (non-hydrogen) atoms. The molecule has 1 saturated heterocycles. The van der Waals surface area contributed by atoms with Crippen LogP contribution in [0, 0.1) is 6.92 Å². The van der Waals surface area contributed by atoms with Crippen molar-refractivity contribution in [2.24, 2.45) is 0 Å². The summed E-state index contributed by atoms with van der Waals surface area (Å²) in [4.78, 5) is 11.6. The maximum absolute atomic E-state index is 5.60. The van der Waals surface area contributed by atoms with Gasteiger partial charge in [-0.1, -0.05) is 53.2 Å². The number of fused-ring (bicyclic) bond motifs is 1. The topological polar surface area (TPSA) is 55.1 Å². The molecule has 5 nitrogen and oxygen atoms in total. The predicted octanol–water partition coefficient (Wildman–Crippen LogP) is 4.58. The Morgan fingerprint density at radius 2 is 1.93 bits per heavy atom. The van der Waals surface area contributed by atoms with E-state index in [0.717, 1.165) is 43.0 Å². The van der Waals surface area contributed by atoms with E-state index < -0.39 is 0 Å². The molecule has 0 radical (unpaired) electrons. The van der Waals surface area contributed by atoms with E-state index >= 15 is 0 Å². The lowest BCUT2D eigenvalue weighted by molar-refractivity contribution is 0.310. The van der Waals surface area contributed by atoms with Gasteiger partial charge in [-0.3, -0.25) is 9.88 Å². The molecule has 4 aromatic rings. The van der Waals surface area contributed by atoms with Gasteiger partial charge in [0.05, 0.1) is 11.4 Å². The van der Waals surface area contributed by atoms with Gasteiger partial charge in [0.25, 0.3) is 0 Å². The van der Waals surface area contributed by atoms with Gasteiger partial charge in [0.15, 0.2) is 0 Å². The van der Waals surface area contributed by atoms with Crippen LogP contribution in [0.1, 0.15) is 29.4 Å². The minimum atomic E-state index is 0.291. The van der Waals surface area contributed by atoms with Gasteiger partial charge in [-0.05, 0) is 37.6 Å². The Bertz CT molecular complexity index is 1100. The molecule has 0 spiro atoms. The number of likely N-dealkylation sites (tertiary alicyclic amines) is 1. The summed E-state index contributed by atoms with van der Waals surface area (Å²) in [5.74, 6) is 1.71. The molecule has 1 atom stereocenters. The van der Waals surface area contributed by atoms with E-state index in [1.165, 1.54) is 16.5 Å². The van der Waals surface area contributed by atoms with Crippen molar-refractivity contribution in [3.05, 3.63) is 77.8 Å². The summed E-state index contributed by atoms with van der Waals surface area (Å²) < 4.78 is 5.60. The third kappa shape index (κ3) is 3.29. The van der Waals surface area contributed by atoms with E-state index in [1.807, 2.05) is 24.4 Å². The van der Waals surface area contributed by atoms with Crippen LogP contribution in [0.5, 0.6) is 0 Å². The summed E-state index contributed by atoms with van der Waals surface area (Å²) in [6, 6.07) is 18.7. The summed E-state index contributed by atoms with van der Waals surface area (Å²) in [6.07, 6.45) is 2.94. The van der Waals surface area contributed by atoms with Gasteiger partial charge in [0, 0.05) is 30.2 Å². The average molecular weight is 370 g/mol. The highest BCUT2D eigenvalue weighted by Crippen LogP contribution is 2.29. The Morgan fingerprint density at radius 3 is 2.82 bits per heavy atom. The van der Waals surface area contributed by atoms with Crippen LogP contribution in [0.2, 0.25) is 0 Å². The second kappa shape index (κ2) is 7.17. The second-order valence-corrected chi connectivity index (χ2v) is 7.53. The molecule has 5 rings (SSSR count). The van der Waals surface area contributed by atoms with Crippen LogP contribution in [0.25, 0.3) is 22.3 Å². The summed E-state index contributed by atoms with van der Waals surface area (Å²) in [5.41, 5.74) is 4.59. The maximum atomic E-state index is 5.60. The minimum Gasteiger partial charge on any atom is -0.339 e. The minimum absolute atomic E-state index is 0.291. The molecule has 0 amide bonds. The third-order valence-electron chi connectivity index (χ3n) is 5.51. The van der Waals surface area contributed by atoms with Crippen LogP contribution >= 0.6 is 0 Å². The predicted molar refractivity (Wildman–Crippen MR) is 109 cm³/mol. The fourth-order valence-electron chi connectivity index (χ4n) is 3.93. The van der Waals surface area contributed by atoms with Crippen molar-refractivity contribution >= 4 is 10.9 Å². The number of aromatic nitrogens is 3. The number of hydrogen-bond donors (Lipinski definition) is 0. The molecule has 1 aliphatic heterocycles. The van der Waals surface area contributed by atoms with Gasteiger partial charge in [0.2, 0.25) is 11.7 Å². The van der Waals surface area contributed by atoms with Crippen molar-refractivity contribution in [2.75, 3.05) is 13.1 Å². The van der Waals surface area contributed by atoms with Gasteiger partial charge >= 0.3 is 0 Å². The number of rotatable bonds is 4. The number of aryl methyl sites for hydroxylation is 1. The highest BCUT2D eigenvalue weighted by atomic mass is 16.5. The molecule has 0 unspecified atom stereocenters. The molecule has 1 fully saturated rings. The van der Waals surface area contributed by atoms with Crippen molar-refractivity contribution in [3.63, 3.8) is 0 Å². The Balaban J connectivity index is 1.30. The van der Waals surface area contributed by atoms with Crippen LogP contribution in [0.3, 0.4) is 0 Å². The average Bonchev–Trinajstić information content (AvgIpc) is 3.39. The lowest BCUT2D eigenvalue weighted by Crippen LogP contribution is -2.20. The first-order chi connectivity index (χ1) is 13.8. The molecule has 140 valence electrons. The zero-order valence-corrected chi connectivity index (χ0v) is 15.9. The summed E-state index contributed by atoms with van der Waals surface area (Å²) >= 11 is 0. The quantitative estimate of drug-likeness (QED) is 0.526. The number of para-hydroxylation sites is 1. The molecule has 2 aromatic carbocycles. The standard InChI is InChI=1S/C23H22N4O/c1-16-6-8-17(9-7-16)22-25-23(28-26-22)19-11-13-27(15-19)14-18-10-12-24-21-5-3-2-4-20(18)21/h2-10,12,19H,11,13-15H2,1H3/t19-/m1/s1. The van der Waals surface area contributed by atoms with Crippen molar-refractivity contribution in [1.82, 2.24) is 20.0 Å². The highest BCUT2D eigenvalue weighted by molar-refractivity contribution is 5.81. The SMILES string of the molecule is Cc1ccc(-c2noc([C@@H]3CCN(Cc4ccnc5ccccc45)C3)n2)cc1. The zero-order chi connectivity index (χ0) is 18.9. The molecule has 5 heteroatoms. The zero-order valence-electron chi connectivity index (χ0n) is 15.9. The van der Waals surface area contributed by atoms with E-state index in [-0.39, 0.29) is 0 Å². The van der Waals surface area contributed by atoms with Gasteiger partial charge in [-0.2, -0.15) is 4.98 Å². The van der Waals surface area contributed by atoms with E-state index in [1.54, 1.807) is 0 Å². The maximum Gasteiger partial charge on any atom is 0.231 e. The molecule has 1 aliphatic rings. The fourth-order valence-corrected chi connectivity index (χ4v) is 3.93. The highest BCUT2D eigenvalue weighted by Gasteiger charge is 2.28. The van der Waals surface area contributed by atoms with Crippen LogP contribution in [0.15, 0.2) is 65.3 Å². The molecule has 0 N–H and O–H groups in total. The normalized spacial score (nSPS) is 17.4. The lowest BCUT2D eigenvalue weighted by Gasteiger charge is -2.16. The number of benzene rings is 2. The van der Waals surface area contributed by atoms with Crippen LogP contribution in [0.4, 0.5) is 0 Å². The van der Waals surface area contributed by atoms with E-state index in [4.69, 9.17) is 4.52 Å². The first-order valence-corrected chi connectivity index (χ1v) is 9.72. The first-order valence-electron chi connectivity index (χ1n) is 9.72. The van der Waals surface area contributed by atoms with Gasteiger partial charge < -0.3 is 4.52 Å². The van der Waals surface area contributed by atoms with Crippen molar-refractivity contribution in [2.45, 2.75) is 25.8 Å².